The molecule has 0 radical (unpaired) electrons. The molecule has 168 valence electrons. The summed E-state index contributed by atoms with van der Waals surface area (Å²) in [4.78, 5) is 31.1. The summed E-state index contributed by atoms with van der Waals surface area (Å²) in [6.07, 6.45) is 6.20. The summed E-state index contributed by atoms with van der Waals surface area (Å²) >= 11 is 0. The van der Waals surface area contributed by atoms with Crippen molar-refractivity contribution < 1.29 is 13.2 Å². The third-order valence-corrected chi connectivity index (χ3v) is 8.50. The number of amides is 1. The van der Waals surface area contributed by atoms with Crippen molar-refractivity contribution in [2.24, 2.45) is 5.92 Å². The van der Waals surface area contributed by atoms with E-state index in [1.165, 1.54) is 16.8 Å². The molecule has 1 amide bonds. The van der Waals surface area contributed by atoms with Crippen molar-refractivity contribution >= 4 is 26.8 Å². The molecule has 0 N–H and O–H groups in total. The molecule has 2 aromatic rings. The van der Waals surface area contributed by atoms with Crippen molar-refractivity contribution in [2.45, 2.75) is 63.4 Å². The van der Waals surface area contributed by atoms with Crippen molar-refractivity contribution in [1.82, 2.24) is 18.8 Å². The van der Waals surface area contributed by atoms with Crippen LogP contribution in [0.4, 0.5) is 0 Å². The first-order valence-corrected chi connectivity index (χ1v) is 12.5. The van der Waals surface area contributed by atoms with Crippen LogP contribution in [-0.2, 0) is 21.4 Å². The van der Waals surface area contributed by atoms with E-state index < -0.39 is 15.7 Å². The summed E-state index contributed by atoms with van der Waals surface area (Å²) in [6.45, 7) is 5.88. The van der Waals surface area contributed by atoms with Crippen molar-refractivity contribution in [3.05, 3.63) is 34.9 Å². The van der Waals surface area contributed by atoms with Gasteiger partial charge in [-0.15, -0.1) is 0 Å². The minimum atomic E-state index is -3.63. The number of carbonyl (C=O) groups is 1. The molecule has 0 unspecified atom stereocenters. The molecule has 2 atom stereocenters. The second-order valence-electron chi connectivity index (χ2n) is 8.90. The predicted molar refractivity (Wildman–Crippen MR) is 118 cm³/mol. The van der Waals surface area contributed by atoms with Gasteiger partial charge in [0.25, 0.3) is 0 Å². The smallest absolute Gasteiger partial charge is 0.341 e. The summed E-state index contributed by atoms with van der Waals surface area (Å²) in [5.74, 6) is 0.340. The van der Waals surface area contributed by atoms with E-state index in [1.54, 1.807) is 21.3 Å². The second-order valence-corrected chi connectivity index (χ2v) is 10.8. The maximum Gasteiger partial charge on any atom is 0.348 e. The molecule has 1 aromatic carbocycles. The predicted octanol–water partition coefficient (Wildman–Crippen LogP) is 2.22. The van der Waals surface area contributed by atoms with Gasteiger partial charge in [0.15, 0.2) is 0 Å². The first kappa shape index (κ1) is 22.0. The minimum Gasteiger partial charge on any atom is -0.341 e. The Morgan fingerprint density at radius 2 is 1.94 bits per heavy atom. The highest BCUT2D eigenvalue weighted by Crippen LogP contribution is 2.27. The molecule has 2 aliphatic rings. The average molecular weight is 447 g/mol. The van der Waals surface area contributed by atoms with Gasteiger partial charge in [-0.2, -0.15) is 4.31 Å². The average Bonchev–Trinajstić information content (AvgIpc) is 2.75. The maximum absolute atomic E-state index is 13.2. The van der Waals surface area contributed by atoms with Crippen molar-refractivity contribution in [3.63, 3.8) is 0 Å². The molecule has 31 heavy (non-hydrogen) atoms. The van der Waals surface area contributed by atoms with E-state index in [-0.39, 0.29) is 23.4 Å². The molecular weight excluding hydrogens is 416 g/mol. The van der Waals surface area contributed by atoms with Gasteiger partial charge in [-0.05, 0) is 56.7 Å². The fourth-order valence-corrected chi connectivity index (χ4v) is 6.44. The number of benzene rings is 1. The third kappa shape index (κ3) is 4.39. The van der Waals surface area contributed by atoms with Gasteiger partial charge in [0.2, 0.25) is 15.9 Å². The first-order valence-electron chi connectivity index (χ1n) is 11.1. The van der Waals surface area contributed by atoms with E-state index in [2.05, 4.69) is 11.9 Å². The SMILES string of the molecule is C[C@@H]1CCCN(C(=O)Cn2c(=O)ncc3cc(S(=O)(=O)N4CCCC[C@@H]4C)ccc32)C1. The minimum absolute atomic E-state index is 0.0360. The number of fused-ring (bicyclic) bond motifs is 1. The number of sulfonamides is 1. The Kier molecular flexibility index (Phi) is 6.16. The van der Waals surface area contributed by atoms with Crippen LogP contribution in [0, 0.1) is 5.92 Å². The van der Waals surface area contributed by atoms with Gasteiger partial charge in [-0.25, -0.2) is 18.2 Å². The van der Waals surface area contributed by atoms with Crippen LogP contribution in [0.3, 0.4) is 0 Å². The molecule has 3 heterocycles. The summed E-state index contributed by atoms with van der Waals surface area (Å²) in [5, 5.41) is 0.533. The molecule has 0 spiro atoms. The zero-order chi connectivity index (χ0) is 22.2. The number of hydrogen-bond donors (Lipinski definition) is 0. The van der Waals surface area contributed by atoms with Gasteiger partial charge < -0.3 is 4.90 Å². The molecule has 1 aromatic heterocycles. The van der Waals surface area contributed by atoms with Gasteiger partial charge in [-0.1, -0.05) is 13.3 Å². The van der Waals surface area contributed by atoms with E-state index >= 15 is 0 Å². The highest BCUT2D eigenvalue weighted by Gasteiger charge is 2.31. The van der Waals surface area contributed by atoms with Crippen molar-refractivity contribution in [3.8, 4) is 0 Å². The Morgan fingerprint density at radius 1 is 1.13 bits per heavy atom. The Morgan fingerprint density at radius 3 is 2.68 bits per heavy atom. The first-order chi connectivity index (χ1) is 14.8. The monoisotopic (exact) mass is 446 g/mol. The van der Waals surface area contributed by atoms with Crippen LogP contribution in [0.1, 0.15) is 46.0 Å². The van der Waals surface area contributed by atoms with E-state index in [1.807, 2.05) is 6.92 Å². The van der Waals surface area contributed by atoms with Gasteiger partial charge in [0, 0.05) is 37.3 Å². The molecule has 2 fully saturated rings. The molecule has 0 saturated carbocycles. The molecule has 2 saturated heterocycles. The molecule has 9 heteroatoms. The summed E-state index contributed by atoms with van der Waals surface area (Å²) in [7, 11) is -3.63. The van der Waals surface area contributed by atoms with E-state index in [4.69, 9.17) is 0 Å². The number of piperidine rings is 2. The number of carbonyl (C=O) groups excluding carboxylic acids is 1. The Labute approximate surface area is 182 Å². The lowest BCUT2D eigenvalue weighted by molar-refractivity contribution is -0.133. The van der Waals surface area contributed by atoms with Gasteiger partial charge in [0.05, 0.1) is 10.4 Å². The Hall–Kier alpha value is -2.26. The molecule has 8 nitrogen and oxygen atoms in total. The number of likely N-dealkylation sites (tertiary alicyclic amines) is 1. The normalized spacial score (nSPS) is 23.2. The molecule has 0 bridgehead atoms. The van der Waals surface area contributed by atoms with Gasteiger partial charge in [0.1, 0.15) is 6.54 Å². The van der Waals surface area contributed by atoms with Crippen LogP contribution >= 0.6 is 0 Å². The lowest BCUT2D eigenvalue weighted by Crippen LogP contribution is -2.42. The zero-order valence-corrected chi connectivity index (χ0v) is 19.0. The molecular formula is C22H30N4O4S. The van der Waals surface area contributed by atoms with Crippen molar-refractivity contribution in [2.75, 3.05) is 19.6 Å². The van der Waals surface area contributed by atoms with E-state index in [0.29, 0.717) is 36.5 Å². The van der Waals surface area contributed by atoms with Gasteiger partial charge >= 0.3 is 5.69 Å². The summed E-state index contributed by atoms with van der Waals surface area (Å²) in [5.41, 5.74) is 0.00946. The van der Waals surface area contributed by atoms with Crippen LogP contribution in [-0.4, -0.2) is 58.8 Å². The number of rotatable bonds is 4. The number of hydrogen-bond acceptors (Lipinski definition) is 5. The third-order valence-electron chi connectivity index (χ3n) is 6.49. The van der Waals surface area contributed by atoms with Crippen LogP contribution < -0.4 is 5.69 Å². The summed E-state index contributed by atoms with van der Waals surface area (Å²) in [6, 6.07) is 4.67. The number of aromatic nitrogens is 2. The lowest BCUT2D eigenvalue weighted by Gasteiger charge is -2.32. The largest absolute Gasteiger partial charge is 0.348 e. The number of nitrogens with zero attached hydrogens (tertiary/aromatic N) is 4. The highest BCUT2D eigenvalue weighted by atomic mass is 32.2. The van der Waals surface area contributed by atoms with Crippen LogP contribution in [0.15, 0.2) is 34.1 Å². The van der Waals surface area contributed by atoms with Crippen molar-refractivity contribution in [1.29, 1.82) is 0 Å². The van der Waals surface area contributed by atoms with Crippen LogP contribution in [0.5, 0.6) is 0 Å². The standard InChI is InChI=1S/C22H30N4O4S/c1-16-6-5-10-24(14-16)21(27)15-25-20-9-8-19(12-18(20)13-23-22(25)28)31(29,30)26-11-4-3-7-17(26)2/h8-9,12-13,16-17H,3-7,10-11,14-15H2,1-2H3/t16-,17+/m1/s1. The lowest BCUT2D eigenvalue weighted by atomic mass is 10.0. The molecule has 2 aliphatic heterocycles. The topological polar surface area (TPSA) is 92.6 Å². The highest BCUT2D eigenvalue weighted by molar-refractivity contribution is 7.89. The van der Waals surface area contributed by atoms with Crippen LogP contribution in [0.25, 0.3) is 10.9 Å². The van der Waals surface area contributed by atoms with Crippen LogP contribution in [0.2, 0.25) is 0 Å². The Balaban J connectivity index is 1.65. The quantitative estimate of drug-likeness (QED) is 0.718. The Bertz CT molecular complexity index is 1140. The molecule has 0 aliphatic carbocycles. The summed E-state index contributed by atoms with van der Waals surface area (Å²) < 4.78 is 29.3. The van der Waals surface area contributed by atoms with E-state index in [0.717, 1.165) is 32.1 Å². The second kappa shape index (κ2) is 8.70. The molecule has 4 rings (SSSR count). The zero-order valence-electron chi connectivity index (χ0n) is 18.2. The fourth-order valence-electron chi connectivity index (χ4n) is 4.71. The fraction of sp³-hybridized carbons (Fsp3) is 0.591. The van der Waals surface area contributed by atoms with Gasteiger partial charge in [-0.3, -0.25) is 9.36 Å². The van der Waals surface area contributed by atoms with E-state index in [9.17, 15) is 18.0 Å². The maximum atomic E-state index is 13.2.